The molecule has 2 aliphatic rings. The highest BCUT2D eigenvalue weighted by atomic mass is 35.5. The predicted molar refractivity (Wildman–Crippen MR) is 126 cm³/mol. The van der Waals surface area contributed by atoms with Crippen LogP contribution < -0.4 is 30.9 Å². The number of fused-ring (bicyclic) bond motifs is 1. The molecule has 0 fully saturated rings. The van der Waals surface area contributed by atoms with Crippen molar-refractivity contribution in [1.29, 1.82) is 5.41 Å². The SMILES string of the molecule is Cn1c2c(c(=O)n(CCCO)c1=O)N(CC1(CC=N)C=C1Cl)C(Oc1cccc(OC(F)(F)F)c1)N2. The standard InChI is InChI=1S/C22H23ClF3N5O5/c1-29-17-16(18(33)30(20(29)34)8-3-9-32)31(12-21(6-7-27)11-15(21)23)19(28-17)35-13-4-2-5-14(10-13)36-22(24,25)26/h2,4-5,7,10-11,19,27-28,32H,3,6,8-9,12H2,1H3. The monoisotopic (exact) mass is 529 g/mol. The minimum absolute atomic E-state index is 0.00798. The van der Waals surface area contributed by atoms with Crippen molar-refractivity contribution in [2.45, 2.75) is 32.1 Å². The molecule has 1 aromatic carbocycles. The predicted octanol–water partition coefficient (Wildman–Crippen LogP) is 2.58. The summed E-state index contributed by atoms with van der Waals surface area (Å²) in [6.07, 6.45) is -2.64. The van der Waals surface area contributed by atoms with Crippen LogP contribution in [-0.2, 0) is 13.6 Å². The summed E-state index contributed by atoms with van der Waals surface area (Å²) in [6.45, 7) is -0.146. The molecule has 10 nitrogen and oxygen atoms in total. The van der Waals surface area contributed by atoms with E-state index in [4.69, 9.17) is 21.7 Å². The molecule has 0 bridgehead atoms. The van der Waals surface area contributed by atoms with Gasteiger partial charge in [-0.05, 0) is 31.2 Å². The molecule has 0 saturated carbocycles. The van der Waals surface area contributed by atoms with Crippen molar-refractivity contribution in [1.82, 2.24) is 9.13 Å². The molecule has 4 rings (SSSR count). The molecule has 194 valence electrons. The highest BCUT2D eigenvalue weighted by molar-refractivity contribution is 6.33. The van der Waals surface area contributed by atoms with Crippen molar-refractivity contribution in [3.05, 3.63) is 56.2 Å². The van der Waals surface area contributed by atoms with E-state index in [0.717, 1.165) is 16.7 Å². The second-order valence-electron chi connectivity index (χ2n) is 8.39. The summed E-state index contributed by atoms with van der Waals surface area (Å²) in [5.74, 6) is -0.332. The summed E-state index contributed by atoms with van der Waals surface area (Å²) in [7, 11) is 1.46. The van der Waals surface area contributed by atoms with E-state index in [1.165, 1.54) is 34.9 Å². The zero-order valence-electron chi connectivity index (χ0n) is 19.0. The van der Waals surface area contributed by atoms with E-state index in [9.17, 15) is 27.9 Å². The lowest BCUT2D eigenvalue weighted by Crippen LogP contribution is -2.46. The zero-order chi connectivity index (χ0) is 26.3. The van der Waals surface area contributed by atoms with Crippen molar-refractivity contribution in [2.75, 3.05) is 23.4 Å². The first kappa shape index (κ1) is 25.6. The third-order valence-corrected chi connectivity index (χ3v) is 6.38. The molecule has 0 saturated heterocycles. The molecule has 2 atom stereocenters. The van der Waals surface area contributed by atoms with E-state index >= 15 is 0 Å². The number of aromatic nitrogens is 2. The number of anilines is 2. The molecule has 14 heteroatoms. The molecule has 2 aromatic rings. The van der Waals surface area contributed by atoms with Crippen LogP contribution >= 0.6 is 11.6 Å². The third kappa shape index (κ3) is 4.93. The van der Waals surface area contributed by atoms with Crippen LogP contribution in [0.2, 0.25) is 0 Å². The van der Waals surface area contributed by atoms with Crippen molar-refractivity contribution in [3.63, 3.8) is 0 Å². The van der Waals surface area contributed by atoms with E-state index in [1.807, 2.05) is 0 Å². The molecule has 36 heavy (non-hydrogen) atoms. The smallest absolute Gasteiger partial charge is 0.452 e. The quantitative estimate of drug-likeness (QED) is 0.404. The lowest BCUT2D eigenvalue weighted by molar-refractivity contribution is -0.274. The Bertz CT molecular complexity index is 1320. The van der Waals surface area contributed by atoms with Gasteiger partial charge in [0.05, 0.1) is 0 Å². The normalized spacial score (nSPS) is 20.4. The fourth-order valence-corrected chi connectivity index (χ4v) is 4.42. The van der Waals surface area contributed by atoms with E-state index in [0.29, 0.717) is 5.03 Å². The number of rotatable bonds is 10. The summed E-state index contributed by atoms with van der Waals surface area (Å²) in [6, 6.07) is 4.90. The number of hydrogen-bond acceptors (Lipinski definition) is 8. The Hall–Kier alpha value is -3.45. The van der Waals surface area contributed by atoms with E-state index in [-0.39, 0.29) is 49.8 Å². The summed E-state index contributed by atoms with van der Waals surface area (Å²) >= 11 is 6.26. The molecule has 0 radical (unpaired) electrons. The Morgan fingerprint density at radius 1 is 1.31 bits per heavy atom. The number of aliphatic hydroxyl groups excluding tert-OH is 1. The van der Waals surface area contributed by atoms with E-state index < -0.39 is 35.1 Å². The minimum Gasteiger partial charge on any atom is -0.452 e. The average molecular weight is 530 g/mol. The lowest BCUT2D eigenvalue weighted by atomic mass is 9.99. The fourth-order valence-electron chi connectivity index (χ4n) is 4.08. The second kappa shape index (κ2) is 9.54. The summed E-state index contributed by atoms with van der Waals surface area (Å²) in [4.78, 5) is 27.7. The first-order valence-corrected chi connectivity index (χ1v) is 11.3. The molecule has 1 aromatic heterocycles. The highest BCUT2D eigenvalue weighted by Gasteiger charge is 2.48. The maximum atomic E-state index is 13.4. The molecule has 1 aliphatic heterocycles. The van der Waals surface area contributed by atoms with Gasteiger partial charge in [-0.2, -0.15) is 0 Å². The van der Waals surface area contributed by atoms with Crippen molar-refractivity contribution in [2.24, 2.45) is 12.5 Å². The van der Waals surface area contributed by atoms with Gasteiger partial charge in [-0.15, -0.1) is 13.2 Å². The van der Waals surface area contributed by atoms with Gasteiger partial charge in [-0.3, -0.25) is 13.9 Å². The average Bonchev–Trinajstić information content (AvgIpc) is 3.28. The molecule has 1 aliphatic carbocycles. The topological polar surface area (TPSA) is 122 Å². The van der Waals surface area contributed by atoms with Crippen LogP contribution in [-0.4, -0.2) is 46.3 Å². The number of halogens is 4. The zero-order valence-corrected chi connectivity index (χ0v) is 19.8. The number of hydrogen-bond donors (Lipinski definition) is 3. The molecule has 2 unspecified atom stereocenters. The van der Waals surface area contributed by atoms with E-state index in [2.05, 4.69) is 10.1 Å². The van der Waals surface area contributed by atoms with Gasteiger partial charge < -0.3 is 30.2 Å². The van der Waals surface area contributed by atoms with Crippen LogP contribution in [0.3, 0.4) is 0 Å². The fraction of sp³-hybridized carbons (Fsp3) is 0.409. The van der Waals surface area contributed by atoms with Crippen LogP contribution in [0, 0.1) is 10.8 Å². The van der Waals surface area contributed by atoms with Crippen molar-refractivity contribution < 1.29 is 27.8 Å². The Morgan fingerprint density at radius 2 is 2.00 bits per heavy atom. The third-order valence-electron chi connectivity index (χ3n) is 5.90. The Morgan fingerprint density at radius 3 is 2.61 bits per heavy atom. The van der Waals surface area contributed by atoms with Gasteiger partial charge in [0.15, 0.2) is 0 Å². The van der Waals surface area contributed by atoms with Crippen LogP contribution in [0.15, 0.2) is 45.0 Å². The Labute approximate surface area is 207 Å². The Balaban J connectivity index is 1.74. The Kier molecular flexibility index (Phi) is 6.80. The molecule has 0 amide bonds. The molecule has 2 heterocycles. The highest BCUT2D eigenvalue weighted by Crippen LogP contribution is 2.51. The van der Waals surface area contributed by atoms with Gasteiger partial charge in [-0.1, -0.05) is 23.7 Å². The summed E-state index contributed by atoms with van der Waals surface area (Å²) in [5.41, 5.74) is -1.88. The second-order valence-corrected chi connectivity index (χ2v) is 8.80. The summed E-state index contributed by atoms with van der Waals surface area (Å²) in [5, 5.41) is 20.2. The van der Waals surface area contributed by atoms with Gasteiger partial charge in [0, 0.05) is 43.3 Å². The first-order valence-electron chi connectivity index (χ1n) is 10.9. The van der Waals surface area contributed by atoms with Gasteiger partial charge in [-0.25, -0.2) is 4.79 Å². The number of benzene rings is 1. The maximum Gasteiger partial charge on any atom is 0.573 e. The molecule has 3 N–H and O–H groups in total. The minimum atomic E-state index is -4.89. The van der Waals surface area contributed by atoms with Gasteiger partial charge in [0.2, 0.25) is 0 Å². The number of alkyl halides is 3. The van der Waals surface area contributed by atoms with Crippen LogP contribution in [0.25, 0.3) is 0 Å². The van der Waals surface area contributed by atoms with Crippen LogP contribution in [0.5, 0.6) is 11.5 Å². The summed E-state index contributed by atoms with van der Waals surface area (Å²) < 4.78 is 50.1. The van der Waals surface area contributed by atoms with Crippen molar-refractivity contribution >= 4 is 29.3 Å². The van der Waals surface area contributed by atoms with Crippen LogP contribution in [0.1, 0.15) is 12.8 Å². The lowest BCUT2D eigenvalue weighted by Gasteiger charge is -2.30. The maximum absolute atomic E-state index is 13.4. The van der Waals surface area contributed by atoms with Gasteiger partial charge in [0.1, 0.15) is 23.0 Å². The number of nitrogens with one attached hydrogen (secondary N) is 2. The number of ether oxygens (including phenoxy) is 2. The number of nitrogens with zero attached hydrogens (tertiary/aromatic N) is 3. The molecular weight excluding hydrogens is 507 g/mol. The first-order chi connectivity index (χ1) is 17.0. The van der Waals surface area contributed by atoms with Gasteiger partial charge in [0.25, 0.3) is 11.9 Å². The van der Waals surface area contributed by atoms with Crippen LogP contribution in [0.4, 0.5) is 24.7 Å². The van der Waals surface area contributed by atoms with E-state index in [1.54, 1.807) is 6.08 Å². The number of aliphatic hydroxyl groups is 1. The van der Waals surface area contributed by atoms with Crippen molar-refractivity contribution in [3.8, 4) is 11.5 Å². The molecular formula is C22H23ClF3N5O5. The largest absolute Gasteiger partial charge is 0.573 e. The molecule has 0 spiro atoms. The van der Waals surface area contributed by atoms with Gasteiger partial charge >= 0.3 is 12.1 Å².